The first-order valence-electron chi connectivity index (χ1n) is 8.97. The molecule has 1 aliphatic rings. The lowest BCUT2D eigenvalue weighted by molar-refractivity contribution is -0.134. The molecule has 0 bridgehead atoms. The zero-order valence-electron chi connectivity index (χ0n) is 15.2. The standard InChI is InChI=1S/C19H21N5O3/c1-14-10-16(27-21-14)12-22-6-8-23(9-7-22)18(25)13-24-19(26)17-5-3-2-4-15(17)11-20-24/h2-5,10-11H,6-9,12-13H2,1H3. The molecule has 2 aromatic heterocycles. The van der Waals surface area contributed by atoms with Gasteiger partial charge in [0.1, 0.15) is 6.54 Å². The molecular formula is C19H21N5O3. The van der Waals surface area contributed by atoms with E-state index in [1.807, 2.05) is 31.2 Å². The molecule has 27 heavy (non-hydrogen) atoms. The zero-order valence-corrected chi connectivity index (χ0v) is 15.2. The topological polar surface area (TPSA) is 84.5 Å². The fourth-order valence-electron chi connectivity index (χ4n) is 3.34. The molecule has 3 aromatic rings. The Labute approximate surface area is 156 Å². The number of fused-ring (bicyclic) bond motifs is 1. The Morgan fingerprint density at radius 1 is 1.19 bits per heavy atom. The van der Waals surface area contributed by atoms with E-state index in [1.54, 1.807) is 17.2 Å². The lowest BCUT2D eigenvalue weighted by Gasteiger charge is -2.34. The van der Waals surface area contributed by atoms with Gasteiger partial charge in [-0.3, -0.25) is 14.5 Å². The summed E-state index contributed by atoms with van der Waals surface area (Å²) < 4.78 is 6.49. The predicted octanol–water partition coefficient (Wildman–Crippen LogP) is 1.04. The van der Waals surface area contributed by atoms with E-state index in [0.717, 1.165) is 29.9 Å². The van der Waals surface area contributed by atoms with Crippen molar-refractivity contribution in [2.45, 2.75) is 20.0 Å². The van der Waals surface area contributed by atoms with Crippen LogP contribution in [0.15, 0.2) is 45.8 Å². The fraction of sp³-hybridized carbons (Fsp3) is 0.368. The molecule has 1 fully saturated rings. The summed E-state index contributed by atoms with van der Waals surface area (Å²) in [5, 5.41) is 9.39. The van der Waals surface area contributed by atoms with E-state index in [2.05, 4.69) is 15.2 Å². The van der Waals surface area contributed by atoms with Crippen molar-refractivity contribution in [3.63, 3.8) is 0 Å². The van der Waals surface area contributed by atoms with Crippen molar-refractivity contribution < 1.29 is 9.32 Å². The van der Waals surface area contributed by atoms with Gasteiger partial charge in [-0.15, -0.1) is 0 Å². The Kier molecular flexibility index (Phi) is 4.72. The Bertz CT molecular complexity index is 1020. The highest BCUT2D eigenvalue weighted by molar-refractivity contribution is 5.81. The predicted molar refractivity (Wildman–Crippen MR) is 99.1 cm³/mol. The number of rotatable bonds is 4. The first-order chi connectivity index (χ1) is 13.1. The van der Waals surface area contributed by atoms with E-state index in [0.29, 0.717) is 25.0 Å². The fourth-order valence-corrected chi connectivity index (χ4v) is 3.34. The number of nitrogens with zero attached hydrogens (tertiary/aromatic N) is 5. The van der Waals surface area contributed by atoms with Gasteiger partial charge in [0.05, 0.1) is 23.8 Å². The molecule has 140 valence electrons. The van der Waals surface area contributed by atoms with E-state index >= 15 is 0 Å². The molecular weight excluding hydrogens is 346 g/mol. The summed E-state index contributed by atoms with van der Waals surface area (Å²) >= 11 is 0. The summed E-state index contributed by atoms with van der Waals surface area (Å²) in [6, 6.07) is 9.19. The van der Waals surface area contributed by atoms with Crippen molar-refractivity contribution in [2.75, 3.05) is 26.2 Å². The maximum atomic E-state index is 12.6. The minimum Gasteiger partial charge on any atom is -0.360 e. The number of piperazine rings is 1. The highest BCUT2D eigenvalue weighted by atomic mass is 16.5. The minimum absolute atomic E-state index is 0.0367. The van der Waals surface area contributed by atoms with Crippen LogP contribution in [0, 0.1) is 6.92 Å². The SMILES string of the molecule is Cc1cc(CN2CCN(C(=O)Cn3ncc4ccccc4c3=O)CC2)on1. The van der Waals surface area contributed by atoms with Crippen LogP contribution >= 0.6 is 0 Å². The zero-order chi connectivity index (χ0) is 18.8. The molecule has 1 amide bonds. The van der Waals surface area contributed by atoms with Crippen LogP contribution in [0.4, 0.5) is 0 Å². The van der Waals surface area contributed by atoms with Crippen LogP contribution in [0.2, 0.25) is 0 Å². The molecule has 0 radical (unpaired) electrons. The summed E-state index contributed by atoms with van der Waals surface area (Å²) in [5.41, 5.74) is 0.632. The Balaban J connectivity index is 1.37. The maximum Gasteiger partial charge on any atom is 0.275 e. The average molecular weight is 367 g/mol. The molecule has 1 saturated heterocycles. The molecule has 8 nitrogen and oxygen atoms in total. The molecule has 1 aliphatic heterocycles. The molecule has 8 heteroatoms. The molecule has 4 rings (SSSR count). The van der Waals surface area contributed by atoms with Crippen molar-refractivity contribution in [3.05, 3.63) is 58.3 Å². The van der Waals surface area contributed by atoms with Gasteiger partial charge in [0.25, 0.3) is 5.56 Å². The van der Waals surface area contributed by atoms with Gasteiger partial charge in [0.15, 0.2) is 5.76 Å². The number of benzene rings is 1. The number of aryl methyl sites for hydroxylation is 1. The lowest BCUT2D eigenvalue weighted by atomic mass is 10.2. The van der Waals surface area contributed by atoms with Crippen molar-refractivity contribution in [3.8, 4) is 0 Å². The van der Waals surface area contributed by atoms with Gasteiger partial charge in [-0.25, -0.2) is 4.68 Å². The van der Waals surface area contributed by atoms with Crippen LogP contribution in [0.3, 0.4) is 0 Å². The Morgan fingerprint density at radius 3 is 2.70 bits per heavy atom. The van der Waals surface area contributed by atoms with Gasteiger partial charge in [0.2, 0.25) is 5.91 Å². The van der Waals surface area contributed by atoms with E-state index in [4.69, 9.17) is 4.52 Å². The van der Waals surface area contributed by atoms with Crippen LogP contribution < -0.4 is 5.56 Å². The third-order valence-corrected chi connectivity index (χ3v) is 4.83. The van der Waals surface area contributed by atoms with Crippen LogP contribution in [-0.2, 0) is 17.9 Å². The van der Waals surface area contributed by atoms with Crippen molar-refractivity contribution in [1.82, 2.24) is 24.7 Å². The summed E-state index contributed by atoms with van der Waals surface area (Å²) in [6.45, 7) is 5.30. The first-order valence-corrected chi connectivity index (χ1v) is 8.97. The van der Waals surface area contributed by atoms with Crippen molar-refractivity contribution >= 4 is 16.7 Å². The number of hydrogen-bond donors (Lipinski definition) is 0. The Hall–Kier alpha value is -3.00. The number of carbonyl (C=O) groups is 1. The number of carbonyl (C=O) groups excluding carboxylic acids is 1. The normalized spacial score (nSPS) is 15.4. The summed E-state index contributed by atoms with van der Waals surface area (Å²) in [4.78, 5) is 29.1. The van der Waals surface area contributed by atoms with Crippen molar-refractivity contribution in [2.24, 2.45) is 0 Å². The smallest absolute Gasteiger partial charge is 0.275 e. The third kappa shape index (κ3) is 3.75. The molecule has 0 aliphatic carbocycles. The number of amides is 1. The highest BCUT2D eigenvalue weighted by Gasteiger charge is 2.22. The minimum atomic E-state index is -0.235. The maximum absolute atomic E-state index is 12.6. The van der Waals surface area contributed by atoms with Gasteiger partial charge < -0.3 is 9.42 Å². The van der Waals surface area contributed by atoms with Gasteiger partial charge in [-0.05, 0) is 13.0 Å². The molecule has 0 spiro atoms. The highest BCUT2D eigenvalue weighted by Crippen LogP contribution is 2.10. The van der Waals surface area contributed by atoms with Crippen molar-refractivity contribution in [1.29, 1.82) is 0 Å². The van der Waals surface area contributed by atoms with Gasteiger partial charge >= 0.3 is 0 Å². The molecule has 3 heterocycles. The van der Waals surface area contributed by atoms with E-state index < -0.39 is 0 Å². The molecule has 0 N–H and O–H groups in total. The van der Waals surface area contributed by atoms with Gasteiger partial charge in [0, 0.05) is 37.6 Å². The van der Waals surface area contributed by atoms with E-state index in [9.17, 15) is 9.59 Å². The van der Waals surface area contributed by atoms with Gasteiger partial charge in [-0.2, -0.15) is 5.10 Å². The van der Waals surface area contributed by atoms with Crippen LogP contribution in [0.25, 0.3) is 10.8 Å². The molecule has 0 atom stereocenters. The van der Waals surface area contributed by atoms with Gasteiger partial charge in [-0.1, -0.05) is 23.4 Å². The monoisotopic (exact) mass is 367 g/mol. The first kappa shape index (κ1) is 17.4. The molecule has 0 saturated carbocycles. The Morgan fingerprint density at radius 2 is 1.96 bits per heavy atom. The van der Waals surface area contributed by atoms with E-state index in [-0.39, 0.29) is 18.0 Å². The molecule has 1 aromatic carbocycles. The number of aromatic nitrogens is 3. The summed E-state index contributed by atoms with van der Waals surface area (Å²) in [7, 11) is 0. The number of hydrogen-bond acceptors (Lipinski definition) is 6. The van der Waals surface area contributed by atoms with Crippen LogP contribution in [-0.4, -0.2) is 56.8 Å². The van der Waals surface area contributed by atoms with Crippen LogP contribution in [0.5, 0.6) is 0 Å². The van der Waals surface area contributed by atoms with Crippen LogP contribution in [0.1, 0.15) is 11.5 Å². The average Bonchev–Trinajstić information content (AvgIpc) is 3.09. The second-order valence-electron chi connectivity index (χ2n) is 6.79. The second-order valence-corrected chi connectivity index (χ2v) is 6.79. The lowest BCUT2D eigenvalue weighted by Crippen LogP contribution is -2.49. The summed E-state index contributed by atoms with van der Waals surface area (Å²) in [5.74, 6) is 0.745. The largest absolute Gasteiger partial charge is 0.360 e. The second kappa shape index (κ2) is 7.32. The summed E-state index contributed by atoms with van der Waals surface area (Å²) in [6.07, 6.45) is 1.63. The third-order valence-electron chi connectivity index (χ3n) is 4.83. The molecule has 0 unspecified atom stereocenters. The quantitative estimate of drug-likeness (QED) is 0.685. The van der Waals surface area contributed by atoms with E-state index in [1.165, 1.54) is 4.68 Å².